The molecule has 0 N–H and O–H groups in total. The highest BCUT2D eigenvalue weighted by Gasteiger charge is 2.35. The zero-order chi connectivity index (χ0) is 13.1. The predicted octanol–water partition coefficient (Wildman–Crippen LogP) is 2.30. The molecule has 4 nitrogen and oxygen atoms in total. The lowest BCUT2D eigenvalue weighted by atomic mass is 10.2. The number of carbonyl (C=O) groups excluding carboxylic acids is 1. The molecule has 1 aromatic heterocycles. The van der Waals surface area contributed by atoms with Crippen LogP contribution in [0.2, 0.25) is 0 Å². The first-order chi connectivity index (χ1) is 7.85. The molecule has 0 saturated carbocycles. The summed E-state index contributed by atoms with van der Waals surface area (Å²) >= 11 is 0. The number of rotatable bonds is 3. The fourth-order valence-electron chi connectivity index (χ4n) is 1.01. The molecule has 0 spiro atoms. The zero-order valence-electron chi connectivity index (χ0n) is 8.55. The summed E-state index contributed by atoms with van der Waals surface area (Å²) in [4.78, 5) is 14.2. The van der Waals surface area contributed by atoms with E-state index in [9.17, 15) is 22.4 Å². The standard InChI is InChI=1S/C9H7F4NO3/c1-2-16-8(15)5-3-4-14-7(10)6(5)17-9(11,12)13/h3-4H,2H2,1H3. The van der Waals surface area contributed by atoms with Crippen LogP contribution in [0.25, 0.3) is 0 Å². The van der Waals surface area contributed by atoms with Crippen LogP contribution >= 0.6 is 0 Å². The van der Waals surface area contributed by atoms with E-state index in [4.69, 9.17) is 0 Å². The third-order valence-electron chi connectivity index (χ3n) is 1.57. The van der Waals surface area contributed by atoms with E-state index in [1.807, 2.05) is 0 Å². The van der Waals surface area contributed by atoms with Gasteiger partial charge in [0.25, 0.3) is 5.95 Å². The van der Waals surface area contributed by atoms with Crippen molar-refractivity contribution in [3.05, 3.63) is 23.8 Å². The van der Waals surface area contributed by atoms with Crippen LogP contribution in [-0.4, -0.2) is 23.9 Å². The van der Waals surface area contributed by atoms with Crippen LogP contribution in [-0.2, 0) is 4.74 Å². The fraction of sp³-hybridized carbons (Fsp3) is 0.333. The Morgan fingerprint density at radius 1 is 1.47 bits per heavy atom. The van der Waals surface area contributed by atoms with Gasteiger partial charge >= 0.3 is 12.3 Å². The first-order valence-corrected chi connectivity index (χ1v) is 4.42. The molecule has 1 aromatic rings. The largest absolute Gasteiger partial charge is 0.573 e. The Kier molecular flexibility index (Phi) is 3.87. The van der Waals surface area contributed by atoms with Crippen molar-refractivity contribution in [3.63, 3.8) is 0 Å². The quantitative estimate of drug-likeness (QED) is 0.471. The van der Waals surface area contributed by atoms with Gasteiger partial charge in [0.15, 0.2) is 5.75 Å². The Hall–Kier alpha value is -1.86. The van der Waals surface area contributed by atoms with Crippen LogP contribution in [0.1, 0.15) is 17.3 Å². The van der Waals surface area contributed by atoms with Crippen molar-refractivity contribution in [2.45, 2.75) is 13.3 Å². The fourth-order valence-corrected chi connectivity index (χ4v) is 1.01. The Labute approximate surface area is 93.2 Å². The van der Waals surface area contributed by atoms with E-state index in [-0.39, 0.29) is 6.61 Å². The molecule has 0 aliphatic heterocycles. The van der Waals surface area contributed by atoms with Crippen LogP contribution < -0.4 is 4.74 Å². The van der Waals surface area contributed by atoms with Gasteiger partial charge in [-0.25, -0.2) is 9.78 Å². The Balaban J connectivity index is 3.13. The summed E-state index contributed by atoms with van der Waals surface area (Å²) in [6, 6.07) is 0.877. The summed E-state index contributed by atoms with van der Waals surface area (Å²) < 4.78 is 56.8. The minimum Gasteiger partial charge on any atom is -0.462 e. The van der Waals surface area contributed by atoms with Crippen molar-refractivity contribution in [1.82, 2.24) is 4.98 Å². The van der Waals surface area contributed by atoms with Gasteiger partial charge in [0.1, 0.15) is 5.56 Å². The smallest absolute Gasteiger partial charge is 0.462 e. The van der Waals surface area contributed by atoms with Gasteiger partial charge in [-0.15, -0.1) is 13.2 Å². The van der Waals surface area contributed by atoms with Crippen LogP contribution in [0.4, 0.5) is 17.6 Å². The second kappa shape index (κ2) is 4.98. The Bertz CT molecular complexity index is 419. The number of hydrogen-bond donors (Lipinski definition) is 0. The van der Waals surface area contributed by atoms with Crippen LogP contribution in [0.5, 0.6) is 5.75 Å². The zero-order valence-corrected chi connectivity index (χ0v) is 8.55. The van der Waals surface area contributed by atoms with Gasteiger partial charge in [0, 0.05) is 6.20 Å². The van der Waals surface area contributed by atoms with E-state index in [2.05, 4.69) is 14.5 Å². The number of pyridine rings is 1. The highest BCUT2D eigenvalue weighted by Crippen LogP contribution is 2.28. The molecule has 8 heteroatoms. The van der Waals surface area contributed by atoms with Gasteiger partial charge in [0.05, 0.1) is 6.61 Å². The number of ether oxygens (including phenoxy) is 2. The van der Waals surface area contributed by atoms with Crippen molar-refractivity contribution in [1.29, 1.82) is 0 Å². The molecule has 0 atom stereocenters. The predicted molar refractivity (Wildman–Crippen MR) is 46.8 cm³/mol. The summed E-state index contributed by atoms with van der Waals surface area (Å²) in [6.45, 7) is 1.40. The van der Waals surface area contributed by atoms with Crippen molar-refractivity contribution >= 4 is 5.97 Å². The van der Waals surface area contributed by atoms with Gasteiger partial charge in [-0.3, -0.25) is 0 Å². The molecule has 1 rings (SSSR count). The van der Waals surface area contributed by atoms with Crippen LogP contribution in [0.3, 0.4) is 0 Å². The minimum atomic E-state index is -5.12. The van der Waals surface area contributed by atoms with Gasteiger partial charge < -0.3 is 9.47 Å². The number of halogens is 4. The van der Waals surface area contributed by atoms with Crippen molar-refractivity contribution in [3.8, 4) is 5.75 Å². The molecule has 0 bridgehead atoms. The molecule has 0 aromatic carbocycles. The van der Waals surface area contributed by atoms with E-state index in [0.29, 0.717) is 0 Å². The first kappa shape index (κ1) is 13.2. The molecule has 0 radical (unpaired) electrons. The summed E-state index contributed by atoms with van der Waals surface area (Å²) in [5.74, 6) is -3.95. The second-order valence-electron chi connectivity index (χ2n) is 2.75. The first-order valence-electron chi connectivity index (χ1n) is 4.42. The maximum atomic E-state index is 13.0. The summed E-state index contributed by atoms with van der Waals surface area (Å²) in [6.07, 6.45) is -4.28. The lowest BCUT2D eigenvalue weighted by Crippen LogP contribution is -2.21. The maximum Gasteiger partial charge on any atom is 0.573 e. The Morgan fingerprint density at radius 2 is 2.12 bits per heavy atom. The molecule has 0 aliphatic rings. The normalized spacial score (nSPS) is 11.1. The highest BCUT2D eigenvalue weighted by atomic mass is 19.4. The van der Waals surface area contributed by atoms with E-state index in [1.54, 1.807) is 0 Å². The average Bonchev–Trinajstić information content (AvgIpc) is 2.19. The number of carbonyl (C=O) groups is 1. The lowest BCUT2D eigenvalue weighted by Gasteiger charge is -2.12. The molecule has 0 fully saturated rings. The van der Waals surface area contributed by atoms with Crippen LogP contribution in [0.15, 0.2) is 12.3 Å². The third-order valence-corrected chi connectivity index (χ3v) is 1.57. The number of esters is 1. The maximum absolute atomic E-state index is 13.0. The molecule has 1 heterocycles. The summed E-state index contributed by atoms with van der Waals surface area (Å²) in [7, 11) is 0. The lowest BCUT2D eigenvalue weighted by molar-refractivity contribution is -0.275. The van der Waals surface area contributed by atoms with E-state index < -0.39 is 29.6 Å². The second-order valence-corrected chi connectivity index (χ2v) is 2.75. The number of hydrogen-bond acceptors (Lipinski definition) is 4. The average molecular weight is 253 g/mol. The monoisotopic (exact) mass is 253 g/mol. The third kappa shape index (κ3) is 3.58. The molecule has 0 amide bonds. The number of aromatic nitrogens is 1. The van der Waals surface area contributed by atoms with Gasteiger partial charge in [-0.2, -0.15) is 4.39 Å². The Morgan fingerprint density at radius 3 is 2.65 bits per heavy atom. The van der Waals surface area contributed by atoms with E-state index in [0.717, 1.165) is 12.3 Å². The molecule has 94 valence electrons. The van der Waals surface area contributed by atoms with Gasteiger partial charge in [-0.1, -0.05) is 0 Å². The van der Waals surface area contributed by atoms with Crippen molar-refractivity contribution in [2.75, 3.05) is 6.61 Å². The van der Waals surface area contributed by atoms with Gasteiger partial charge in [-0.05, 0) is 13.0 Å². The van der Waals surface area contributed by atoms with Crippen LogP contribution in [0, 0.1) is 5.95 Å². The molecule has 0 unspecified atom stereocenters. The molecular formula is C9H7F4NO3. The SMILES string of the molecule is CCOC(=O)c1ccnc(F)c1OC(F)(F)F. The topological polar surface area (TPSA) is 48.4 Å². The number of nitrogens with zero attached hydrogens (tertiary/aromatic N) is 1. The number of alkyl halides is 3. The summed E-state index contributed by atoms with van der Waals surface area (Å²) in [5, 5.41) is 0. The molecule has 0 saturated heterocycles. The van der Waals surface area contributed by atoms with Gasteiger partial charge in [0.2, 0.25) is 0 Å². The minimum absolute atomic E-state index is 0.0613. The van der Waals surface area contributed by atoms with E-state index in [1.165, 1.54) is 6.92 Å². The summed E-state index contributed by atoms with van der Waals surface area (Å²) in [5.41, 5.74) is -0.670. The molecule has 17 heavy (non-hydrogen) atoms. The highest BCUT2D eigenvalue weighted by molar-refractivity contribution is 5.92. The molecule has 0 aliphatic carbocycles. The van der Waals surface area contributed by atoms with Crippen molar-refractivity contribution < 1.29 is 31.8 Å². The van der Waals surface area contributed by atoms with E-state index >= 15 is 0 Å². The molecular weight excluding hydrogens is 246 g/mol. The van der Waals surface area contributed by atoms with Crippen molar-refractivity contribution in [2.24, 2.45) is 0 Å².